The van der Waals surface area contributed by atoms with Gasteiger partial charge in [0.05, 0.1) is 18.4 Å². The van der Waals surface area contributed by atoms with Crippen LogP contribution in [0.5, 0.6) is 0 Å². The molecule has 0 bridgehead atoms. The zero-order chi connectivity index (χ0) is 15.8. The number of hydrogen-bond acceptors (Lipinski definition) is 4. The molecule has 0 aliphatic carbocycles. The first-order valence-electron chi connectivity index (χ1n) is 6.35. The number of fused-ring (bicyclic) bond motifs is 1. The maximum absolute atomic E-state index is 12.2. The Hall–Kier alpha value is -0.920. The Balaban J connectivity index is 2.16. The molecule has 0 aliphatic heterocycles. The van der Waals surface area contributed by atoms with Crippen molar-refractivity contribution in [2.45, 2.75) is 33.0 Å². The van der Waals surface area contributed by atoms with Gasteiger partial charge in [0, 0.05) is 11.4 Å². The standard InChI is InChI=1S/C13H15ClF3N3S/c1-7-8(2)21-12-10(7)11(14)18-9(19-12)6-20(3)5-4-13(15,16)17/h4-6H2,1-3H3. The van der Waals surface area contributed by atoms with E-state index in [0.29, 0.717) is 11.0 Å². The van der Waals surface area contributed by atoms with Crippen LogP contribution in [-0.4, -0.2) is 34.6 Å². The lowest BCUT2D eigenvalue weighted by molar-refractivity contribution is -0.137. The Morgan fingerprint density at radius 2 is 1.90 bits per heavy atom. The molecule has 0 aliphatic rings. The van der Waals surface area contributed by atoms with Crippen molar-refractivity contribution in [1.82, 2.24) is 14.9 Å². The zero-order valence-corrected chi connectivity index (χ0v) is 13.5. The van der Waals surface area contributed by atoms with E-state index in [1.54, 1.807) is 7.05 Å². The Morgan fingerprint density at radius 1 is 1.24 bits per heavy atom. The predicted molar refractivity (Wildman–Crippen MR) is 78.9 cm³/mol. The molecule has 0 unspecified atom stereocenters. The van der Waals surface area contributed by atoms with Crippen LogP contribution in [0.3, 0.4) is 0 Å². The van der Waals surface area contributed by atoms with Crippen molar-refractivity contribution in [2.75, 3.05) is 13.6 Å². The van der Waals surface area contributed by atoms with E-state index in [1.165, 1.54) is 16.2 Å². The highest BCUT2D eigenvalue weighted by Crippen LogP contribution is 2.33. The summed E-state index contributed by atoms with van der Waals surface area (Å²) in [6.07, 6.45) is -5.00. The first kappa shape index (κ1) is 16.5. The Labute approximate surface area is 129 Å². The minimum Gasteiger partial charge on any atom is -0.299 e. The highest BCUT2D eigenvalue weighted by atomic mass is 35.5. The summed E-state index contributed by atoms with van der Waals surface area (Å²) in [5.74, 6) is 0.443. The number of aromatic nitrogens is 2. The molecule has 0 spiro atoms. The van der Waals surface area contributed by atoms with Gasteiger partial charge in [-0.25, -0.2) is 9.97 Å². The van der Waals surface area contributed by atoms with Crippen LogP contribution in [0.15, 0.2) is 0 Å². The Kier molecular flexibility index (Phi) is 4.75. The fourth-order valence-electron chi connectivity index (χ4n) is 1.95. The number of thiophene rings is 1. The van der Waals surface area contributed by atoms with E-state index >= 15 is 0 Å². The van der Waals surface area contributed by atoms with Gasteiger partial charge in [0.2, 0.25) is 0 Å². The Morgan fingerprint density at radius 3 is 2.52 bits per heavy atom. The van der Waals surface area contributed by atoms with Gasteiger partial charge in [0.25, 0.3) is 0 Å². The smallest absolute Gasteiger partial charge is 0.299 e. The lowest BCUT2D eigenvalue weighted by Crippen LogP contribution is -2.25. The second-order valence-corrected chi connectivity index (χ2v) is 6.56. The lowest BCUT2D eigenvalue weighted by Gasteiger charge is -2.16. The van der Waals surface area contributed by atoms with Gasteiger partial charge in [-0.1, -0.05) is 11.6 Å². The topological polar surface area (TPSA) is 29.0 Å². The second-order valence-electron chi connectivity index (χ2n) is 5.00. The van der Waals surface area contributed by atoms with Crippen LogP contribution in [0.1, 0.15) is 22.7 Å². The third kappa shape index (κ3) is 4.05. The average molecular weight is 338 g/mol. The molecule has 0 aromatic carbocycles. The molecule has 0 amide bonds. The van der Waals surface area contributed by atoms with Gasteiger partial charge in [-0.2, -0.15) is 13.2 Å². The largest absolute Gasteiger partial charge is 0.390 e. The summed E-state index contributed by atoms with van der Waals surface area (Å²) in [5.41, 5.74) is 1.05. The molecule has 2 aromatic rings. The number of halogens is 4. The summed E-state index contributed by atoms with van der Waals surface area (Å²) in [5, 5.41) is 1.20. The molecule has 0 saturated carbocycles. The molecule has 116 valence electrons. The molecule has 0 N–H and O–H groups in total. The number of hydrogen-bond donors (Lipinski definition) is 0. The molecule has 21 heavy (non-hydrogen) atoms. The normalized spacial score (nSPS) is 12.6. The van der Waals surface area contributed by atoms with Crippen molar-refractivity contribution in [2.24, 2.45) is 0 Å². The van der Waals surface area contributed by atoms with Gasteiger partial charge >= 0.3 is 6.18 Å². The summed E-state index contributed by atoms with van der Waals surface area (Å²) in [4.78, 5) is 12.0. The molecule has 2 aromatic heterocycles. The SMILES string of the molecule is Cc1sc2nc(CN(C)CCC(F)(F)F)nc(Cl)c2c1C. The summed E-state index contributed by atoms with van der Waals surface area (Å²) >= 11 is 7.69. The summed E-state index contributed by atoms with van der Waals surface area (Å²) in [6, 6.07) is 0. The van der Waals surface area contributed by atoms with Gasteiger partial charge in [-0.3, -0.25) is 4.90 Å². The molecular weight excluding hydrogens is 323 g/mol. The van der Waals surface area contributed by atoms with Gasteiger partial charge in [0.15, 0.2) is 0 Å². The monoisotopic (exact) mass is 337 g/mol. The molecule has 0 radical (unpaired) electrons. The molecule has 0 saturated heterocycles. The van der Waals surface area contributed by atoms with Crippen LogP contribution >= 0.6 is 22.9 Å². The second kappa shape index (κ2) is 6.06. The molecular formula is C13H15ClF3N3S. The van der Waals surface area contributed by atoms with E-state index in [0.717, 1.165) is 20.7 Å². The first-order chi connectivity index (χ1) is 9.67. The van der Waals surface area contributed by atoms with Crippen LogP contribution in [-0.2, 0) is 6.54 Å². The van der Waals surface area contributed by atoms with Crippen molar-refractivity contribution >= 4 is 33.2 Å². The van der Waals surface area contributed by atoms with Crippen molar-refractivity contribution < 1.29 is 13.2 Å². The minimum atomic E-state index is -4.15. The van der Waals surface area contributed by atoms with E-state index in [2.05, 4.69) is 9.97 Å². The number of rotatable bonds is 4. The molecule has 3 nitrogen and oxygen atoms in total. The molecule has 8 heteroatoms. The quantitative estimate of drug-likeness (QED) is 0.777. The molecule has 0 atom stereocenters. The molecule has 2 rings (SSSR count). The van der Waals surface area contributed by atoms with Crippen molar-refractivity contribution in [3.8, 4) is 0 Å². The van der Waals surface area contributed by atoms with Gasteiger partial charge in [-0.05, 0) is 26.5 Å². The van der Waals surface area contributed by atoms with Crippen molar-refractivity contribution in [3.05, 3.63) is 21.4 Å². The van der Waals surface area contributed by atoms with Crippen LogP contribution in [0.4, 0.5) is 13.2 Å². The maximum Gasteiger partial charge on any atom is 0.390 e. The molecule has 2 heterocycles. The average Bonchev–Trinajstić information content (AvgIpc) is 2.62. The van der Waals surface area contributed by atoms with E-state index in [9.17, 15) is 13.2 Å². The lowest BCUT2D eigenvalue weighted by atomic mass is 10.2. The van der Waals surface area contributed by atoms with Crippen molar-refractivity contribution in [1.29, 1.82) is 0 Å². The first-order valence-corrected chi connectivity index (χ1v) is 7.54. The summed E-state index contributed by atoms with van der Waals surface area (Å²) < 4.78 is 36.6. The van der Waals surface area contributed by atoms with Crippen molar-refractivity contribution in [3.63, 3.8) is 0 Å². The number of nitrogens with zero attached hydrogens (tertiary/aromatic N) is 3. The van der Waals surface area contributed by atoms with Gasteiger partial charge in [0.1, 0.15) is 15.8 Å². The third-order valence-electron chi connectivity index (χ3n) is 3.22. The van der Waals surface area contributed by atoms with Gasteiger partial charge in [-0.15, -0.1) is 11.3 Å². The van der Waals surface area contributed by atoms with E-state index in [-0.39, 0.29) is 13.1 Å². The maximum atomic E-state index is 12.2. The molecule has 0 fully saturated rings. The van der Waals surface area contributed by atoms with E-state index in [4.69, 9.17) is 11.6 Å². The van der Waals surface area contributed by atoms with E-state index < -0.39 is 12.6 Å². The summed E-state index contributed by atoms with van der Waals surface area (Å²) in [7, 11) is 1.61. The zero-order valence-electron chi connectivity index (χ0n) is 11.9. The number of aryl methyl sites for hydroxylation is 2. The predicted octanol–water partition coefficient (Wildman–Crippen LogP) is 4.35. The van der Waals surface area contributed by atoms with Gasteiger partial charge < -0.3 is 0 Å². The summed E-state index contributed by atoms with van der Waals surface area (Å²) in [6.45, 7) is 4.08. The minimum absolute atomic E-state index is 0.0922. The number of alkyl halides is 3. The van der Waals surface area contributed by atoms with E-state index in [1.807, 2.05) is 13.8 Å². The van der Waals surface area contributed by atoms with Crippen LogP contribution in [0, 0.1) is 13.8 Å². The Bertz CT molecular complexity index is 654. The van der Waals surface area contributed by atoms with Crippen LogP contribution < -0.4 is 0 Å². The highest BCUT2D eigenvalue weighted by molar-refractivity contribution is 7.18. The third-order valence-corrected chi connectivity index (χ3v) is 4.59. The highest BCUT2D eigenvalue weighted by Gasteiger charge is 2.27. The van der Waals surface area contributed by atoms with Crippen LogP contribution in [0.2, 0.25) is 5.15 Å². The fraction of sp³-hybridized carbons (Fsp3) is 0.538. The fourth-order valence-corrected chi connectivity index (χ4v) is 3.38. The van der Waals surface area contributed by atoms with Crippen LogP contribution in [0.25, 0.3) is 10.2 Å².